The highest BCUT2D eigenvalue weighted by Gasteiger charge is 2.21. The summed E-state index contributed by atoms with van der Waals surface area (Å²) < 4.78 is 49.9. The fraction of sp³-hybridized carbons (Fsp3) is 0.200. The van der Waals surface area contributed by atoms with Gasteiger partial charge >= 0.3 is 11.6 Å². The van der Waals surface area contributed by atoms with Crippen molar-refractivity contribution in [3.8, 4) is 0 Å². The van der Waals surface area contributed by atoms with Crippen LogP contribution in [0, 0.1) is 5.82 Å². The van der Waals surface area contributed by atoms with Crippen molar-refractivity contribution in [2.24, 2.45) is 0 Å². The predicted octanol–water partition coefficient (Wildman–Crippen LogP) is 4.23. The third kappa shape index (κ3) is 5.00. The summed E-state index contributed by atoms with van der Waals surface area (Å²) in [5, 5.41) is 2.54. The molecule has 0 saturated carbocycles. The standard InChI is InChI=1S/C25H22FNO6S/c1-27(34(30,31)20-11-9-19(26)10-12-20)14-4-7-23(28)32-16-18-15-24(29)33-22-13-8-17-5-2-3-6-21(17)25(18)22/h2-3,5-6,8-13,15H,4,7,14,16H2,1H3. The maximum Gasteiger partial charge on any atom is 0.336 e. The van der Waals surface area contributed by atoms with Gasteiger partial charge in [-0.15, -0.1) is 0 Å². The fourth-order valence-corrected chi connectivity index (χ4v) is 4.93. The van der Waals surface area contributed by atoms with Gasteiger partial charge in [-0.05, 0) is 47.5 Å². The Kier molecular flexibility index (Phi) is 6.76. The van der Waals surface area contributed by atoms with Crippen LogP contribution in [0.2, 0.25) is 0 Å². The van der Waals surface area contributed by atoms with E-state index in [2.05, 4.69) is 0 Å². The fourth-order valence-electron chi connectivity index (χ4n) is 3.72. The van der Waals surface area contributed by atoms with Gasteiger partial charge in [0.25, 0.3) is 0 Å². The number of fused-ring (bicyclic) bond motifs is 3. The highest BCUT2D eigenvalue weighted by molar-refractivity contribution is 7.89. The summed E-state index contributed by atoms with van der Waals surface area (Å²) in [7, 11) is -2.40. The minimum absolute atomic E-state index is 0.0105. The van der Waals surface area contributed by atoms with Crippen LogP contribution in [-0.4, -0.2) is 32.3 Å². The third-order valence-electron chi connectivity index (χ3n) is 5.48. The largest absolute Gasteiger partial charge is 0.461 e. The molecule has 0 saturated heterocycles. The number of sulfonamides is 1. The maximum atomic E-state index is 13.1. The Hall–Kier alpha value is -3.56. The molecule has 0 bridgehead atoms. The van der Waals surface area contributed by atoms with Crippen molar-refractivity contribution >= 4 is 37.7 Å². The number of rotatable bonds is 8. The van der Waals surface area contributed by atoms with Crippen molar-refractivity contribution in [2.75, 3.05) is 13.6 Å². The molecule has 4 rings (SSSR count). The number of benzene rings is 3. The molecule has 34 heavy (non-hydrogen) atoms. The van der Waals surface area contributed by atoms with Crippen LogP contribution in [0.25, 0.3) is 21.7 Å². The minimum atomic E-state index is -3.79. The molecule has 9 heteroatoms. The summed E-state index contributed by atoms with van der Waals surface area (Å²) in [6, 6.07) is 17.0. The first-order valence-corrected chi connectivity index (χ1v) is 12.0. The molecule has 0 fully saturated rings. The van der Waals surface area contributed by atoms with Crippen molar-refractivity contribution in [2.45, 2.75) is 24.3 Å². The molecular formula is C25H22FNO6S. The molecule has 0 unspecified atom stereocenters. The quantitative estimate of drug-likeness (QED) is 0.212. The maximum absolute atomic E-state index is 13.1. The first kappa shape index (κ1) is 23.6. The van der Waals surface area contributed by atoms with Crippen LogP contribution in [0.15, 0.2) is 80.8 Å². The van der Waals surface area contributed by atoms with Crippen LogP contribution in [0.5, 0.6) is 0 Å². The summed E-state index contributed by atoms with van der Waals surface area (Å²) in [6.07, 6.45) is 0.222. The van der Waals surface area contributed by atoms with Gasteiger partial charge in [-0.1, -0.05) is 30.3 Å². The van der Waals surface area contributed by atoms with E-state index in [1.807, 2.05) is 30.3 Å². The van der Waals surface area contributed by atoms with E-state index in [9.17, 15) is 22.4 Å². The normalized spacial score (nSPS) is 11.9. The monoisotopic (exact) mass is 483 g/mol. The molecule has 0 atom stereocenters. The highest BCUT2D eigenvalue weighted by atomic mass is 32.2. The van der Waals surface area contributed by atoms with E-state index < -0.39 is 27.4 Å². The first-order chi connectivity index (χ1) is 16.3. The molecule has 0 spiro atoms. The molecule has 0 N–H and O–H groups in total. The van der Waals surface area contributed by atoms with Gasteiger partial charge in [0.15, 0.2) is 0 Å². The number of nitrogens with zero attached hydrogens (tertiary/aromatic N) is 1. The molecule has 7 nitrogen and oxygen atoms in total. The van der Waals surface area contributed by atoms with E-state index in [1.165, 1.54) is 25.2 Å². The lowest BCUT2D eigenvalue weighted by molar-refractivity contribution is -0.145. The molecule has 3 aromatic carbocycles. The highest BCUT2D eigenvalue weighted by Crippen LogP contribution is 2.27. The summed E-state index contributed by atoms with van der Waals surface area (Å²) in [4.78, 5) is 24.3. The van der Waals surface area contributed by atoms with Crippen molar-refractivity contribution < 1.29 is 26.8 Å². The van der Waals surface area contributed by atoms with E-state index >= 15 is 0 Å². The van der Waals surface area contributed by atoms with Crippen LogP contribution in [0.1, 0.15) is 18.4 Å². The van der Waals surface area contributed by atoms with Gasteiger partial charge in [-0.3, -0.25) is 4.79 Å². The second kappa shape index (κ2) is 9.74. The van der Waals surface area contributed by atoms with Crippen molar-refractivity contribution in [3.05, 3.63) is 88.5 Å². The van der Waals surface area contributed by atoms with E-state index in [0.29, 0.717) is 16.5 Å². The first-order valence-electron chi connectivity index (χ1n) is 10.6. The number of ether oxygens (including phenoxy) is 1. The molecule has 1 heterocycles. The summed E-state index contributed by atoms with van der Waals surface area (Å²) >= 11 is 0. The van der Waals surface area contributed by atoms with Gasteiger partial charge in [0.2, 0.25) is 10.0 Å². The van der Waals surface area contributed by atoms with Crippen LogP contribution in [0.3, 0.4) is 0 Å². The molecule has 0 aliphatic carbocycles. The van der Waals surface area contributed by atoms with Crippen LogP contribution >= 0.6 is 0 Å². The zero-order chi connectivity index (χ0) is 24.3. The summed E-state index contributed by atoms with van der Waals surface area (Å²) in [6.45, 7) is -0.0318. The van der Waals surface area contributed by atoms with Gasteiger partial charge in [0.1, 0.15) is 18.0 Å². The van der Waals surface area contributed by atoms with Gasteiger partial charge in [0, 0.05) is 37.0 Å². The minimum Gasteiger partial charge on any atom is -0.461 e. The number of esters is 1. The zero-order valence-electron chi connectivity index (χ0n) is 18.4. The average molecular weight is 484 g/mol. The van der Waals surface area contributed by atoms with Crippen molar-refractivity contribution in [3.63, 3.8) is 0 Å². The molecule has 0 amide bonds. The molecule has 0 radical (unpaired) electrons. The Bertz CT molecular complexity index is 1510. The second-order valence-electron chi connectivity index (χ2n) is 7.80. The Balaban J connectivity index is 1.39. The smallest absolute Gasteiger partial charge is 0.336 e. The zero-order valence-corrected chi connectivity index (χ0v) is 19.2. The summed E-state index contributed by atoms with van der Waals surface area (Å²) in [5.41, 5.74) is 0.402. The van der Waals surface area contributed by atoms with Crippen LogP contribution in [-0.2, 0) is 26.2 Å². The third-order valence-corrected chi connectivity index (χ3v) is 7.35. The summed E-state index contributed by atoms with van der Waals surface area (Å²) in [5.74, 6) is -1.05. The number of carbonyl (C=O) groups is 1. The SMILES string of the molecule is CN(CCCC(=O)OCc1cc(=O)oc2ccc3ccccc3c12)S(=O)(=O)c1ccc(F)cc1. The molecule has 4 aromatic rings. The molecule has 1 aromatic heterocycles. The lowest BCUT2D eigenvalue weighted by Gasteiger charge is -2.17. The molecule has 176 valence electrons. The van der Waals surface area contributed by atoms with Crippen LogP contribution in [0.4, 0.5) is 4.39 Å². The van der Waals surface area contributed by atoms with Crippen molar-refractivity contribution in [1.29, 1.82) is 0 Å². The van der Waals surface area contributed by atoms with Gasteiger partial charge in [-0.25, -0.2) is 21.9 Å². The number of carbonyl (C=O) groups excluding carboxylic acids is 1. The lowest BCUT2D eigenvalue weighted by Crippen LogP contribution is -2.28. The Morgan fingerprint density at radius 2 is 1.79 bits per heavy atom. The van der Waals surface area contributed by atoms with Gasteiger partial charge in [0.05, 0.1) is 4.90 Å². The average Bonchev–Trinajstić information content (AvgIpc) is 2.82. The van der Waals surface area contributed by atoms with E-state index in [4.69, 9.17) is 9.15 Å². The second-order valence-corrected chi connectivity index (χ2v) is 9.84. The lowest BCUT2D eigenvalue weighted by atomic mass is 10.0. The van der Waals surface area contributed by atoms with Crippen molar-refractivity contribution in [1.82, 2.24) is 4.31 Å². The predicted molar refractivity (Wildman–Crippen MR) is 125 cm³/mol. The van der Waals surface area contributed by atoms with Gasteiger partial charge in [-0.2, -0.15) is 0 Å². The number of hydrogen-bond donors (Lipinski definition) is 0. The number of halogens is 1. The molecule has 0 aliphatic heterocycles. The topological polar surface area (TPSA) is 93.9 Å². The molecular weight excluding hydrogens is 461 g/mol. The molecule has 0 aliphatic rings. The Morgan fingerprint density at radius 3 is 2.56 bits per heavy atom. The van der Waals surface area contributed by atoms with Gasteiger partial charge < -0.3 is 9.15 Å². The van der Waals surface area contributed by atoms with E-state index in [0.717, 1.165) is 27.2 Å². The van der Waals surface area contributed by atoms with Crippen LogP contribution < -0.4 is 5.63 Å². The Labute approximate surface area is 195 Å². The van der Waals surface area contributed by atoms with E-state index in [1.54, 1.807) is 6.07 Å². The Morgan fingerprint density at radius 1 is 1.06 bits per heavy atom. The number of hydrogen-bond acceptors (Lipinski definition) is 6. The van der Waals surface area contributed by atoms with E-state index in [-0.39, 0.29) is 30.9 Å².